The van der Waals surface area contributed by atoms with Crippen molar-refractivity contribution in [3.8, 4) is 21.9 Å². The van der Waals surface area contributed by atoms with Gasteiger partial charge in [-0.15, -0.1) is 11.3 Å². The van der Waals surface area contributed by atoms with Crippen molar-refractivity contribution in [1.82, 2.24) is 5.01 Å². The van der Waals surface area contributed by atoms with Crippen LogP contribution in [0.3, 0.4) is 0 Å². The number of nitrogens with zero attached hydrogens (tertiary/aromatic N) is 1. The van der Waals surface area contributed by atoms with Gasteiger partial charge in [0, 0.05) is 23.3 Å². The van der Waals surface area contributed by atoms with Crippen molar-refractivity contribution in [3.05, 3.63) is 69.6 Å². The first kappa shape index (κ1) is 22.5. The third-order valence-corrected chi connectivity index (χ3v) is 7.35. The molecule has 0 atom stereocenters. The molecular formula is C26H30N2O3S. The number of nitrogens with two attached hydrogens (primary N) is 1. The molecule has 3 aromatic rings. The molecule has 0 fully saturated rings. The SMILES string of the molecule is Cc1cc(Oc2ccc(CN(C)N)cc2)ccc1-c1sc2c(c1C(=O)O)CC(C)(C)CC2. The van der Waals surface area contributed by atoms with Gasteiger partial charge in [0.25, 0.3) is 0 Å². The number of thiophene rings is 1. The Kier molecular flexibility index (Phi) is 6.12. The minimum absolute atomic E-state index is 0.136. The zero-order valence-electron chi connectivity index (χ0n) is 19.1. The second-order valence-electron chi connectivity index (χ2n) is 9.49. The van der Waals surface area contributed by atoms with Crippen molar-refractivity contribution in [2.45, 2.75) is 46.6 Å². The normalized spacial score (nSPS) is 14.9. The maximum Gasteiger partial charge on any atom is 0.337 e. The van der Waals surface area contributed by atoms with E-state index in [0.29, 0.717) is 12.1 Å². The summed E-state index contributed by atoms with van der Waals surface area (Å²) in [5, 5.41) is 11.7. The second kappa shape index (κ2) is 8.70. The van der Waals surface area contributed by atoms with Gasteiger partial charge in [-0.25, -0.2) is 9.80 Å². The number of benzene rings is 2. The molecule has 6 heteroatoms. The van der Waals surface area contributed by atoms with Gasteiger partial charge in [-0.2, -0.15) is 0 Å². The largest absolute Gasteiger partial charge is 0.478 e. The molecule has 0 spiro atoms. The first-order chi connectivity index (χ1) is 15.1. The van der Waals surface area contributed by atoms with Crippen molar-refractivity contribution < 1.29 is 14.6 Å². The topological polar surface area (TPSA) is 75.8 Å². The van der Waals surface area contributed by atoms with Crippen LogP contribution >= 0.6 is 11.3 Å². The van der Waals surface area contributed by atoms with Crippen LogP contribution in [0.15, 0.2) is 42.5 Å². The summed E-state index contributed by atoms with van der Waals surface area (Å²) >= 11 is 1.64. The van der Waals surface area contributed by atoms with E-state index in [1.807, 2.05) is 56.4 Å². The second-order valence-corrected chi connectivity index (χ2v) is 10.6. The predicted octanol–water partition coefficient (Wildman–Crippen LogP) is 6.03. The molecule has 1 heterocycles. The van der Waals surface area contributed by atoms with E-state index in [-0.39, 0.29) is 5.41 Å². The Labute approximate surface area is 193 Å². The summed E-state index contributed by atoms with van der Waals surface area (Å²) in [5.74, 6) is 6.35. The van der Waals surface area contributed by atoms with Crippen LogP contribution in [0.2, 0.25) is 0 Å². The highest BCUT2D eigenvalue weighted by atomic mass is 32.1. The number of rotatable bonds is 6. The van der Waals surface area contributed by atoms with Gasteiger partial charge in [0.05, 0.1) is 5.56 Å². The Morgan fingerprint density at radius 3 is 2.50 bits per heavy atom. The van der Waals surface area contributed by atoms with Gasteiger partial charge in [-0.1, -0.05) is 26.0 Å². The first-order valence-corrected chi connectivity index (χ1v) is 11.7. The van der Waals surface area contributed by atoms with E-state index in [0.717, 1.165) is 57.9 Å². The van der Waals surface area contributed by atoms with E-state index < -0.39 is 5.97 Å². The van der Waals surface area contributed by atoms with Crippen LogP contribution in [0.4, 0.5) is 0 Å². The van der Waals surface area contributed by atoms with Crippen molar-refractivity contribution in [1.29, 1.82) is 0 Å². The molecule has 0 saturated carbocycles. The van der Waals surface area contributed by atoms with Gasteiger partial charge in [0.1, 0.15) is 11.5 Å². The molecular weight excluding hydrogens is 420 g/mol. The summed E-state index contributed by atoms with van der Waals surface area (Å²) in [6.07, 6.45) is 2.85. The molecule has 1 aliphatic carbocycles. The summed E-state index contributed by atoms with van der Waals surface area (Å²) in [6.45, 7) is 7.12. The van der Waals surface area contributed by atoms with Gasteiger partial charge in [-0.05, 0) is 84.2 Å². The Morgan fingerprint density at radius 2 is 1.88 bits per heavy atom. The van der Waals surface area contributed by atoms with Crippen molar-refractivity contribution in [2.24, 2.45) is 11.3 Å². The van der Waals surface area contributed by atoms with E-state index in [4.69, 9.17) is 10.6 Å². The molecule has 0 saturated heterocycles. The fraction of sp³-hybridized carbons (Fsp3) is 0.346. The zero-order chi connectivity index (χ0) is 23.0. The smallest absolute Gasteiger partial charge is 0.337 e. The molecule has 0 bridgehead atoms. The van der Waals surface area contributed by atoms with E-state index in [9.17, 15) is 9.90 Å². The number of hydrogen-bond donors (Lipinski definition) is 2. The summed E-state index contributed by atoms with van der Waals surface area (Å²) in [7, 11) is 1.83. The third-order valence-electron chi connectivity index (χ3n) is 6.02. The number of fused-ring (bicyclic) bond motifs is 1. The van der Waals surface area contributed by atoms with Gasteiger partial charge in [0.2, 0.25) is 0 Å². The van der Waals surface area contributed by atoms with Gasteiger partial charge in [-0.3, -0.25) is 5.84 Å². The lowest BCUT2D eigenvalue weighted by Gasteiger charge is -2.29. The summed E-state index contributed by atoms with van der Waals surface area (Å²) < 4.78 is 6.04. The van der Waals surface area contributed by atoms with Crippen LogP contribution in [0.1, 0.15) is 52.2 Å². The van der Waals surface area contributed by atoms with Gasteiger partial charge < -0.3 is 9.84 Å². The summed E-state index contributed by atoms with van der Waals surface area (Å²) in [4.78, 5) is 14.3. The standard InChI is InChI=1S/C26H30N2O3S/c1-16-13-19(31-18-7-5-17(6-8-18)15-28(4)27)9-10-20(16)24-23(25(29)30)21-14-26(2,3)12-11-22(21)32-24/h5-10,13H,11-12,14-15,27H2,1-4H3,(H,29,30). The highest BCUT2D eigenvalue weighted by Gasteiger charge is 2.33. The van der Waals surface area contributed by atoms with Crippen LogP contribution in [-0.4, -0.2) is 23.1 Å². The van der Waals surface area contributed by atoms with Crippen molar-refractivity contribution >= 4 is 17.3 Å². The number of ether oxygens (including phenoxy) is 1. The summed E-state index contributed by atoms with van der Waals surface area (Å²) in [6, 6.07) is 13.7. The molecule has 0 unspecified atom stereocenters. The van der Waals surface area contributed by atoms with E-state index in [1.54, 1.807) is 16.3 Å². The molecule has 32 heavy (non-hydrogen) atoms. The van der Waals surface area contributed by atoms with Gasteiger partial charge >= 0.3 is 5.97 Å². The van der Waals surface area contributed by atoms with Crippen LogP contribution in [0.25, 0.3) is 10.4 Å². The molecule has 3 N–H and O–H groups in total. The molecule has 1 aliphatic rings. The Balaban J connectivity index is 1.62. The number of carbonyl (C=O) groups is 1. The minimum atomic E-state index is -0.835. The third kappa shape index (κ3) is 4.72. The lowest BCUT2D eigenvalue weighted by molar-refractivity contribution is 0.0696. The Morgan fingerprint density at radius 1 is 1.19 bits per heavy atom. The van der Waals surface area contributed by atoms with Crippen LogP contribution in [0.5, 0.6) is 11.5 Å². The quantitative estimate of drug-likeness (QED) is 0.354. The number of carboxylic acids is 1. The van der Waals surface area contributed by atoms with Crippen molar-refractivity contribution in [3.63, 3.8) is 0 Å². The fourth-order valence-electron chi connectivity index (χ4n) is 4.38. The van der Waals surface area contributed by atoms with Crippen LogP contribution in [0, 0.1) is 12.3 Å². The number of hydrogen-bond acceptors (Lipinski definition) is 5. The number of aromatic carboxylic acids is 1. The number of carboxylic acid groups (broad SMARTS) is 1. The Hall–Kier alpha value is -2.67. The van der Waals surface area contributed by atoms with Crippen molar-refractivity contribution in [2.75, 3.05) is 7.05 Å². The van der Waals surface area contributed by atoms with Gasteiger partial charge in [0.15, 0.2) is 0 Å². The monoisotopic (exact) mass is 450 g/mol. The maximum absolute atomic E-state index is 12.2. The molecule has 0 aliphatic heterocycles. The first-order valence-electron chi connectivity index (χ1n) is 10.8. The van der Waals surface area contributed by atoms with Crippen LogP contribution < -0.4 is 10.6 Å². The molecule has 2 aromatic carbocycles. The van der Waals surface area contributed by atoms with E-state index >= 15 is 0 Å². The molecule has 1 aromatic heterocycles. The fourth-order valence-corrected chi connectivity index (χ4v) is 5.78. The van der Waals surface area contributed by atoms with E-state index in [1.165, 1.54) is 4.88 Å². The maximum atomic E-state index is 12.2. The number of aryl methyl sites for hydroxylation is 2. The summed E-state index contributed by atoms with van der Waals surface area (Å²) in [5.41, 5.74) is 4.72. The minimum Gasteiger partial charge on any atom is -0.478 e. The average molecular weight is 451 g/mol. The lowest BCUT2D eigenvalue weighted by Crippen LogP contribution is -2.24. The molecule has 168 valence electrons. The highest BCUT2D eigenvalue weighted by molar-refractivity contribution is 7.16. The zero-order valence-corrected chi connectivity index (χ0v) is 19.9. The molecule has 0 radical (unpaired) electrons. The number of hydrazine groups is 1. The Bertz CT molecular complexity index is 1150. The van der Waals surface area contributed by atoms with E-state index in [2.05, 4.69) is 13.8 Å². The highest BCUT2D eigenvalue weighted by Crippen LogP contribution is 2.46. The van der Waals surface area contributed by atoms with Crippen LogP contribution in [-0.2, 0) is 19.4 Å². The molecule has 4 rings (SSSR count). The molecule has 5 nitrogen and oxygen atoms in total. The average Bonchev–Trinajstić information content (AvgIpc) is 3.06. The predicted molar refractivity (Wildman–Crippen MR) is 129 cm³/mol. The molecule has 0 amide bonds. The lowest BCUT2D eigenvalue weighted by atomic mass is 9.76.